The zero-order valence-corrected chi connectivity index (χ0v) is 7.52. The second-order valence-electron chi connectivity index (χ2n) is 2.52. The fraction of sp³-hybridized carbons (Fsp3) is 0.857. The molecule has 6 heteroatoms. The van der Waals surface area contributed by atoms with Crippen LogP contribution in [0.2, 0.25) is 0 Å². The number of hydrogen-bond donors (Lipinski definition) is 0. The van der Waals surface area contributed by atoms with Gasteiger partial charge in [-0.2, -0.15) is 0 Å². The van der Waals surface area contributed by atoms with Crippen LogP contribution in [0.3, 0.4) is 0 Å². The number of carbonyl (C=O) groups is 1. The van der Waals surface area contributed by atoms with Gasteiger partial charge >= 0.3 is 0 Å². The standard InChI is InChI=1S/C7H13NO5/c1-7(9)6-12-4-2-3-5-13-8(10)11/h2-6H2,1H3. The fourth-order valence-corrected chi connectivity index (χ4v) is 0.661. The van der Waals surface area contributed by atoms with E-state index in [1.807, 2.05) is 0 Å². The molecule has 13 heavy (non-hydrogen) atoms. The summed E-state index contributed by atoms with van der Waals surface area (Å²) >= 11 is 0. The Morgan fingerprint density at radius 2 is 2.00 bits per heavy atom. The van der Waals surface area contributed by atoms with Crippen LogP contribution in [0.15, 0.2) is 0 Å². The lowest BCUT2D eigenvalue weighted by Gasteiger charge is -2.00. The van der Waals surface area contributed by atoms with E-state index in [0.29, 0.717) is 19.4 Å². The highest BCUT2D eigenvalue weighted by Gasteiger charge is 1.95. The maximum Gasteiger partial charge on any atom is 0.294 e. The van der Waals surface area contributed by atoms with Gasteiger partial charge in [-0.3, -0.25) is 4.79 Å². The molecule has 0 spiro atoms. The summed E-state index contributed by atoms with van der Waals surface area (Å²) in [4.78, 5) is 24.1. The summed E-state index contributed by atoms with van der Waals surface area (Å²) in [5, 5.41) is 8.86. The molecule has 0 saturated heterocycles. The molecular weight excluding hydrogens is 178 g/mol. The molecule has 0 radical (unpaired) electrons. The third-order valence-corrected chi connectivity index (χ3v) is 1.19. The van der Waals surface area contributed by atoms with E-state index in [0.717, 1.165) is 0 Å². The van der Waals surface area contributed by atoms with Crippen molar-refractivity contribution in [1.82, 2.24) is 0 Å². The number of rotatable bonds is 8. The second-order valence-corrected chi connectivity index (χ2v) is 2.52. The van der Waals surface area contributed by atoms with E-state index >= 15 is 0 Å². The third kappa shape index (κ3) is 10.8. The Morgan fingerprint density at radius 1 is 1.38 bits per heavy atom. The highest BCUT2D eigenvalue weighted by Crippen LogP contribution is 1.91. The number of ketones is 1. The van der Waals surface area contributed by atoms with E-state index in [4.69, 9.17) is 4.74 Å². The first-order valence-corrected chi connectivity index (χ1v) is 3.97. The van der Waals surface area contributed by atoms with E-state index in [1.165, 1.54) is 6.92 Å². The number of ether oxygens (including phenoxy) is 1. The van der Waals surface area contributed by atoms with E-state index in [-0.39, 0.29) is 19.0 Å². The van der Waals surface area contributed by atoms with Gasteiger partial charge in [0.1, 0.15) is 6.61 Å². The highest BCUT2D eigenvalue weighted by molar-refractivity contribution is 5.76. The Bertz CT molecular complexity index is 152. The molecular formula is C7H13NO5. The summed E-state index contributed by atoms with van der Waals surface area (Å²) in [6, 6.07) is 0. The molecule has 0 aromatic rings. The van der Waals surface area contributed by atoms with E-state index in [2.05, 4.69) is 4.84 Å². The molecule has 0 N–H and O–H groups in total. The van der Waals surface area contributed by atoms with Gasteiger partial charge in [-0.25, -0.2) is 0 Å². The van der Waals surface area contributed by atoms with Crippen molar-refractivity contribution in [1.29, 1.82) is 0 Å². The first-order valence-electron chi connectivity index (χ1n) is 3.97. The van der Waals surface area contributed by atoms with Crippen LogP contribution in [0.1, 0.15) is 19.8 Å². The van der Waals surface area contributed by atoms with Crippen LogP contribution >= 0.6 is 0 Å². The molecule has 0 unspecified atom stereocenters. The number of nitrogens with zero attached hydrogens (tertiary/aromatic N) is 1. The summed E-state index contributed by atoms with van der Waals surface area (Å²) in [7, 11) is 0. The molecule has 0 bridgehead atoms. The molecule has 0 aromatic carbocycles. The molecule has 0 saturated carbocycles. The van der Waals surface area contributed by atoms with Crippen LogP contribution in [0.5, 0.6) is 0 Å². The molecule has 0 fully saturated rings. The summed E-state index contributed by atoms with van der Waals surface area (Å²) < 4.78 is 4.93. The van der Waals surface area contributed by atoms with Crippen molar-refractivity contribution in [2.45, 2.75) is 19.8 Å². The maximum absolute atomic E-state index is 10.4. The van der Waals surface area contributed by atoms with Crippen LogP contribution in [0.25, 0.3) is 0 Å². The second kappa shape index (κ2) is 7.48. The van der Waals surface area contributed by atoms with Gasteiger partial charge in [-0.1, -0.05) is 0 Å². The smallest absolute Gasteiger partial charge is 0.294 e. The number of carbonyl (C=O) groups excluding carboxylic acids is 1. The average Bonchev–Trinajstić information content (AvgIpc) is 2.01. The lowest BCUT2D eigenvalue weighted by atomic mass is 10.3. The van der Waals surface area contributed by atoms with Gasteiger partial charge in [0.15, 0.2) is 5.78 Å². The van der Waals surface area contributed by atoms with Gasteiger partial charge in [0.2, 0.25) is 0 Å². The molecule has 0 aliphatic rings. The Hall–Kier alpha value is -1.17. The molecule has 76 valence electrons. The number of unbranched alkanes of at least 4 members (excludes halogenated alkanes) is 1. The van der Waals surface area contributed by atoms with Crippen molar-refractivity contribution in [2.24, 2.45) is 0 Å². The van der Waals surface area contributed by atoms with Gasteiger partial charge in [0.25, 0.3) is 5.09 Å². The van der Waals surface area contributed by atoms with E-state index in [9.17, 15) is 14.9 Å². The third-order valence-electron chi connectivity index (χ3n) is 1.19. The van der Waals surface area contributed by atoms with Crippen molar-refractivity contribution in [2.75, 3.05) is 19.8 Å². The molecule has 0 amide bonds. The largest absolute Gasteiger partial charge is 0.374 e. The highest BCUT2D eigenvalue weighted by atomic mass is 16.9. The normalized spacial score (nSPS) is 9.62. The van der Waals surface area contributed by atoms with Crippen molar-refractivity contribution < 1.29 is 19.5 Å². The van der Waals surface area contributed by atoms with Crippen LogP contribution in [-0.2, 0) is 14.4 Å². The first-order chi connectivity index (χ1) is 6.13. The molecule has 0 rings (SSSR count). The predicted molar refractivity (Wildman–Crippen MR) is 43.7 cm³/mol. The number of Topliss-reactive ketones (excluding diaryl/α,β-unsaturated/α-hetero) is 1. The predicted octanol–water partition coefficient (Wildman–Crippen LogP) is 0.581. The Kier molecular flexibility index (Phi) is 6.80. The first kappa shape index (κ1) is 11.8. The molecule has 0 aliphatic carbocycles. The van der Waals surface area contributed by atoms with Crippen LogP contribution < -0.4 is 0 Å². The SMILES string of the molecule is CC(=O)COCCCCO[N+](=O)[O-]. The van der Waals surface area contributed by atoms with Gasteiger partial charge in [0, 0.05) is 6.61 Å². The average molecular weight is 191 g/mol. The van der Waals surface area contributed by atoms with Gasteiger partial charge < -0.3 is 9.57 Å². The van der Waals surface area contributed by atoms with E-state index in [1.54, 1.807) is 0 Å². The van der Waals surface area contributed by atoms with Gasteiger partial charge in [-0.05, 0) is 19.8 Å². The zero-order valence-electron chi connectivity index (χ0n) is 7.52. The molecule has 6 nitrogen and oxygen atoms in total. The molecule has 0 heterocycles. The van der Waals surface area contributed by atoms with Crippen molar-refractivity contribution in [3.63, 3.8) is 0 Å². The summed E-state index contributed by atoms with van der Waals surface area (Å²) in [5.74, 6) is -0.0264. The van der Waals surface area contributed by atoms with Crippen LogP contribution in [-0.4, -0.2) is 30.7 Å². The van der Waals surface area contributed by atoms with Crippen LogP contribution in [0.4, 0.5) is 0 Å². The van der Waals surface area contributed by atoms with E-state index < -0.39 is 5.09 Å². The fourth-order valence-electron chi connectivity index (χ4n) is 0.661. The molecule has 0 aromatic heterocycles. The lowest BCUT2D eigenvalue weighted by molar-refractivity contribution is -0.757. The lowest BCUT2D eigenvalue weighted by Crippen LogP contribution is -2.07. The molecule has 0 aliphatic heterocycles. The number of hydrogen-bond acceptors (Lipinski definition) is 5. The minimum atomic E-state index is -0.823. The topological polar surface area (TPSA) is 78.7 Å². The zero-order chi connectivity index (χ0) is 10.1. The Morgan fingerprint density at radius 3 is 2.54 bits per heavy atom. The quantitative estimate of drug-likeness (QED) is 0.318. The summed E-state index contributed by atoms with van der Waals surface area (Å²) in [6.45, 7) is 2.06. The Labute approximate surface area is 75.9 Å². The van der Waals surface area contributed by atoms with Gasteiger partial charge in [-0.15, -0.1) is 10.1 Å². The Balaban J connectivity index is 3.00. The van der Waals surface area contributed by atoms with Gasteiger partial charge in [0.05, 0.1) is 6.61 Å². The van der Waals surface area contributed by atoms with Crippen LogP contribution in [0, 0.1) is 10.1 Å². The minimum absolute atomic E-state index is 0.0264. The van der Waals surface area contributed by atoms with Crippen molar-refractivity contribution in [3.05, 3.63) is 10.1 Å². The van der Waals surface area contributed by atoms with Crippen molar-refractivity contribution >= 4 is 5.78 Å². The van der Waals surface area contributed by atoms with Crippen molar-refractivity contribution in [3.8, 4) is 0 Å². The summed E-state index contributed by atoms with van der Waals surface area (Å²) in [5.41, 5.74) is 0. The molecule has 0 atom stereocenters. The minimum Gasteiger partial charge on any atom is -0.374 e. The monoisotopic (exact) mass is 191 g/mol. The maximum atomic E-state index is 10.4. The summed E-state index contributed by atoms with van der Waals surface area (Å²) in [6.07, 6.45) is 1.21.